The van der Waals surface area contributed by atoms with Crippen LogP contribution in [0.1, 0.15) is 23.4 Å². The number of nitrogens with zero attached hydrogens (tertiary/aromatic N) is 3. The molecule has 3 aromatic heterocycles. The Hall–Kier alpha value is -2.37. The number of hydrogen-bond donors (Lipinski definition) is 2. The van der Waals surface area contributed by atoms with Gasteiger partial charge in [0, 0.05) is 18.3 Å². The SMILES string of the molecule is Cc1noc(C)c1CCCNc1ncnc2cc[nH]c12. The Kier molecular flexibility index (Phi) is 3.37. The van der Waals surface area contributed by atoms with Gasteiger partial charge in [-0.15, -0.1) is 0 Å². The molecule has 20 heavy (non-hydrogen) atoms. The first-order valence-corrected chi connectivity index (χ1v) is 6.69. The van der Waals surface area contributed by atoms with Gasteiger partial charge < -0.3 is 14.8 Å². The van der Waals surface area contributed by atoms with Crippen molar-refractivity contribution in [3.63, 3.8) is 0 Å². The summed E-state index contributed by atoms with van der Waals surface area (Å²) in [6.07, 6.45) is 5.39. The summed E-state index contributed by atoms with van der Waals surface area (Å²) in [7, 11) is 0. The van der Waals surface area contributed by atoms with E-state index in [-0.39, 0.29) is 0 Å². The zero-order valence-corrected chi connectivity index (χ0v) is 11.6. The molecule has 0 saturated heterocycles. The molecule has 2 N–H and O–H groups in total. The molecule has 104 valence electrons. The van der Waals surface area contributed by atoms with Crippen molar-refractivity contribution in [3.05, 3.63) is 35.6 Å². The molecular formula is C14H17N5O. The molecule has 0 spiro atoms. The van der Waals surface area contributed by atoms with Gasteiger partial charge in [0.1, 0.15) is 17.6 Å². The third-order valence-electron chi connectivity index (χ3n) is 3.42. The molecule has 0 fully saturated rings. The monoisotopic (exact) mass is 271 g/mol. The van der Waals surface area contributed by atoms with E-state index in [0.29, 0.717) is 0 Å². The van der Waals surface area contributed by atoms with Crippen LogP contribution in [0.25, 0.3) is 11.0 Å². The van der Waals surface area contributed by atoms with E-state index in [4.69, 9.17) is 4.52 Å². The summed E-state index contributed by atoms with van der Waals surface area (Å²) in [6.45, 7) is 4.77. The van der Waals surface area contributed by atoms with Gasteiger partial charge in [-0.3, -0.25) is 0 Å². The van der Waals surface area contributed by atoms with Crippen LogP contribution >= 0.6 is 0 Å². The van der Waals surface area contributed by atoms with E-state index in [1.54, 1.807) is 6.33 Å². The van der Waals surface area contributed by atoms with Gasteiger partial charge in [0.25, 0.3) is 0 Å². The van der Waals surface area contributed by atoms with Crippen molar-refractivity contribution >= 4 is 16.9 Å². The Balaban J connectivity index is 1.59. The fourth-order valence-corrected chi connectivity index (χ4v) is 2.34. The van der Waals surface area contributed by atoms with Crippen molar-refractivity contribution in [2.75, 3.05) is 11.9 Å². The lowest BCUT2D eigenvalue weighted by Gasteiger charge is -2.06. The normalized spacial score (nSPS) is 11.1. The van der Waals surface area contributed by atoms with E-state index in [1.807, 2.05) is 26.1 Å². The maximum atomic E-state index is 5.16. The number of anilines is 1. The van der Waals surface area contributed by atoms with Crippen LogP contribution in [0, 0.1) is 13.8 Å². The van der Waals surface area contributed by atoms with Crippen molar-refractivity contribution in [1.82, 2.24) is 20.1 Å². The highest BCUT2D eigenvalue weighted by molar-refractivity contribution is 5.85. The Bertz CT molecular complexity index is 696. The number of fused-ring (bicyclic) bond motifs is 1. The molecule has 0 aliphatic heterocycles. The van der Waals surface area contributed by atoms with Gasteiger partial charge in [0.2, 0.25) is 0 Å². The van der Waals surface area contributed by atoms with E-state index < -0.39 is 0 Å². The van der Waals surface area contributed by atoms with Crippen LogP contribution in [0.15, 0.2) is 23.1 Å². The smallest absolute Gasteiger partial charge is 0.153 e. The number of H-pyrrole nitrogens is 1. The van der Waals surface area contributed by atoms with E-state index in [2.05, 4.69) is 25.4 Å². The van der Waals surface area contributed by atoms with Crippen molar-refractivity contribution in [2.45, 2.75) is 26.7 Å². The maximum absolute atomic E-state index is 5.16. The molecule has 0 aromatic carbocycles. The molecule has 0 atom stereocenters. The fraction of sp³-hybridized carbons (Fsp3) is 0.357. The van der Waals surface area contributed by atoms with E-state index in [1.165, 1.54) is 5.56 Å². The Labute approximate surface area is 116 Å². The molecule has 0 saturated carbocycles. The van der Waals surface area contributed by atoms with Crippen molar-refractivity contribution in [2.24, 2.45) is 0 Å². The first-order valence-electron chi connectivity index (χ1n) is 6.69. The number of nitrogens with one attached hydrogen (secondary N) is 2. The highest BCUT2D eigenvalue weighted by atomic mass is 16.5. The van der Waals surface area contributed by atoms with Crippen LogP contribution in [-0.2, 0) is 6.42 Å². The Morgan fingerprint density at radius 1 is 1.30 bits per heavy atom. The second kappa shape index (κ2) is 5.32. The van der Waals surface area contributed by atoms with Crippen LogP contribution in [0.3, 0.4) is 0 Å². The average Bonchev–Trinajstić information content (AvgIpc) is 3.04. The van der Waals surface area contributed by atoms with E-state index in [0.717, 1.165) is 47.7 Å². The molecule has 3 heterocycles. The molecule has 3 aromatic rings. The van der Waals surface area contributed by atoms with Crippen molar-refractivity contribution in [3.8, 4) is 0 Å². The summed E-state index contributed by atoms with van der Waals surface area (Å²) in [4.78, 5) is 11.6. The van der Waals surface area contributed by atoms with Gasteiger partial charge in [-0.2, -0.15) is 0 Å². The molecule has 0 amide bonds. The topological polar surface area (TPSA) is 79.6 Å². The predicted octanol–water partition coefficient (Wildman–Crippen LogP) is 2.61. The average molecular weight is 271 g/mol. The molecule has 6 heteroatoms. The zero-order chi connectivity index (χ0) is 13.9. The highest BCUT2D eigenvalue weighted by Gasteiger charge is 2.08. The van der Waals surface area contributed by atoms with Crippen molar-refractivity contribution in [1.29, 1.82) is 0 Å². The number of aromatic amines is 1. The summed E-state index contributed by atoms with van der Waals surface area (Å²) < 4.78 is 5.16. The summed E-state index contributed by atoms with van der Waals surface area (Å²) in [5.74, 6) is 1.76. The Morgan fingerprint density at radius 2 is 2.20 bits per heavy atom. The van der Waals surface area contributed by atoms with Gasteiger partial charge in [-0.05, 0) is 32.8 Å². The molecule has 0 unspecified atom stereocenters. The van der Waals surface area contributed by atoms with Gasteiger partial charge >= 0.3 is 0 Å². The molecular weight excluding hydrogens is 254 g/mol. The summed E-state index contributed by atoms with van der Waals surface area (Å²) in [6, 6.07) is 1.94. The molecule has 3 rings (SSSR count). The first kappa shape index (κ1) is 12.7. The standard InChI is InChI=1S/C14H17N5O/c1-9-11(10(2)20-19-9)4-3-6-16-14-13-12(5-7-15-13)17-8-18-14/h5,7-8,15H,3-4,6H2,1-2H3,(H,16,17,18). The summed E-state index contributed by atoms with van der Waals surface area (Å²) in [5, 5.41) is 7.31. The molecule has 0 radical (unpaired) electrons. The van der Waals surface area contributed by atoms with Crippen LogP contribution < -0.4 is 5.32 Å². The van der Waals surface area contributed by atoms with Gasteiger partial charge in [0.15, 0.2) is 5.82 Å². The number of rotatable bonds is 5. The minimum absolute atomic E-state index is 0.842. The molecule has 0 aliphatic carbocycles. The molecule has 0 aliphatic rings. The van der Waals surface area contributed by atoms with Crippen molar-refractivity contribution < 1.29 is 4.52 Å². The second-order valence-electron chi connectivity index (χ2n) is 4.79. The molecule has 6 nitrogen and oxygen atoms in total. The third kappa shape index (κ3) is 2.36. The summed E-state index contributed by atoms with van der Waals surface area (Å²) >= 11 is 0. The van der Waals surface area contributed by atoms with Gasteiger partial charge in [0.05, 0.1) is 11.2 Å². The lowest BCUT2D eigenvalue weighted by molar-refractivity contribution is 0.392. The van der Waals surface area contributed by atoms with Crippen LogP contribution in [-0.4, -0.2) is 26.7 Å². The number of hydrogen-bond acceptors (Lipinski definition) is 5. The number of aromatic nitrogens is 4. The minimum Gasteiger partial charge on any atom is -0.368 e. The number of aryl methyl sites for hydroxylation is 2. The second-order valence-corrected chi connectivity index (χ2v) is 4.79. The van der Waals surface area contributed by atoms with Crippen LogP contribution in [0.2, 0.25) is 0 Å². The van der Waals surface area contributed by atoms with Gasteiger partial charge in [-0.1, -0.05) is 5.16 Å². The Morgan fingerprint density at radius 3 is 3.00 bits per heavy atom. The minimum atomic E-state index is 0.842. The third-order valence-corrected chi connectivity index (χ3v) is 3.42. The van der Waals surface area contributed by atoms with E-state index >= 15 is 0 Å². The predicted molar refractivity (Wildman–Crippen MR) is 76.7 cm³/mol. The fourth-order valence-electron chi connectivity index (χ4n) is 2.34. The maximum Gasteiger partial charge on any atom is 0.153 e. The lowest BCUT2D eigenvalue weighted by atomic mass is 10.1. The van der Waals surface area contributed by atoms with Gasteiger partial charge in [-0.25, -0.2) is 9.97 Å². The van der Waals surface area contributed by atoms with Crippen LogP contribution in [0.5, 0.6) is 0 Å². The highest BCUT2D eigenvalue weighted by Crippen LogP contribution is 2.17. The lowest BCUT2D eigenvalue weighted by Crippen LogP contribution is -2.06. The summed E-state index contributed by atoms with van der Waals surface area (Å²) in [5.41, 5.74) is 4.06. The largest absolute Gasteiger partial charge is 0.368 e. The first-order chi connectivity index (χ1) is 9.75. The van der Waals surface area contributed by atoms with E-state index in [9.17, 15) is 0 Å². The zero-order valence-electron chi connectivity index (χ0n) is 11.6. The molecule has 0 bridgehead atoms. The quantitative estimate of drug-likeness (QED) is 0.697. The van der Waals surface area contributed by atoms with Crippen LogP contribution in [0.4, 0.5) is 5.82 Å².